The maximum absolute atomic E-state index is 5.43. The molecule has 31 heavy (non-hydrogen) atoms. The molecular weight excluding hydrogens is 422 g/mol. The first-order valence-corrected chi connectivity index (χ1v) is 12.8. The Bertz CT molecular complexity index is 1020. The molecule has 0 radical (unpaired) electrons. The lowest BCUT2D eigenvalue weighted by Crippen LogP contribution is -2.28. The van der Waals surface area contributed by atoms with Crippen LogP contribution in [0.3, 0.4) is 0 Å². The van der Waals surface area contributed by atoms with Crippen LogP contribution in [-0.4, -0.2) is 44.3 Å². The van der Waals surface area contributed by atoms with Crippen LogP contribution in [0.5, 0.6) is 11.5 Å². The van der Waals surface area contributed by atoms with Gasteiger partial charge in [-0.1, -0.05) is 42.5 Å². The summed E-state index contributed by atoms with van der Waals surface area (Å²) in [6.07, 6.45) is 3.42. The van der Waals surface area contributed by atoms with Crippen LogP contribution in [0.25, 0.3) is 10.8 Å². The van der Waals surface area contributed by atoms with Crippen molar-refractivity contribution in [1.29, 1.82) is 0 Å². The summed E-state index contributed by atoms with van der Waals surface area (Å²) in [5.41, 5.74) is 2.75. The SMILES string of the molecule is COc1ccc(CCN(C)CCCC2(c3ccc4ccccc4c3)SCS2)cc1OC. The molecule has 1 heterocycles. The van der Waals surface area contributed by atoms with Crippen LogP contribution in [0.2, 0.25) is 0 Å². The number of thioether (sulfide) groups is 2. The highest BCUT2D eigenvalue weighted by Crippen LogP contribution is 2.60. The molecule has 3 aromatic carbocycles. The molecule has 1 aliphatic rings. The fourth-order valence-electron chi connectivity index (χ4n) is 4.13. The first-order valence-electron chi connectivity index (χ1n) is 10.8. The van der Waals surface area contributed by atoms with Crippen molar-refractivity contribution >= 4 is 34.3 Å². The third-order valence-electron chi connectivity index (χ3n) is 6.05. The molecule has 0 atom stereocenters. The van der Waals surface area contributed by atoms with Gasteiger partial charge in [0.1, 0.15) is 0 Å². The van der Waals surface area contributed by atoms with Crippen molar-refractivity contribution in [3.63, 3.8) is 0 Å². The third-order valence-corrected chi connectivity index (χ3v) is 9.51. The molecule has 1 aliphatic heterocycles. The van der Waals surface area contributed by atoms with Gasteiger partial charge >= 0.3 is 0 Å². The summed E-state index contributed by atoms with van der Waals surface area (Å²) in [4.78, 5) is 2.44. The molecule has 3 nitrogen and oxygen atoms in total. The van der Waals surface area contributed by atoms with Gasteiger partial charge in [0.25, 0.3) is 0 Å². The summed E-state index contributed by atoms with van der Waals surface area (Å²) in [5.74, 6) is 1.59. The van der Waals surface area contributed by atoms with E-state index < -0.39 is 0 Å². The number of nitrogens with zero attached hydrogens (tertiary/aromatic N) is 1. The highest BCUT2D eigenvalue weighted by atomic mass is 32.3. The summed E-state index contributed by atoms with van der Waals surface area (Å²) >= 11 is 4.21. The topological polar surface area (TPSA) is 21.7 Å². The second kappa shape index (κ2) is 10.2. The first kappa shape index (κ1) is 22.4. The zero-order valence-electron chi connectivity index (χ0n) is 18.6. The van der Waals surface area contributed by atoms with Gasteiger partial charge in [-0.3, -0.25) is 0 Å². The summed E-state index contributed by atoms with van der Waals surface area (Å²) in [7, 11) is 5.59. The standard InChI is InChI=1S/C26H31NO2S2/c1-27(16-13-20-9-12-24(28-2)25(17-20)29-3)15-6-14-26(30-19-31-26)23-11-10-21-7-4-5-8-22(21)18-23/h4-5,7-12,17-18H,6,13-16,19H2,1-3H3. The molecule has 0 N–H and O–H groups in total. The molecule has 0 unspecified atom stereocenters. The van der Waals surface area contributed by atoms with Crippen LogP contribution < -0.4 is 9.47 Å². The van der Waals surface area contributed by atoms with E-state index in [4.69, 9.17) is 9.47 Å². The Morgan fingerprint density at radius 1 is 0.871 bits per heavy atom. The summed E-state index contributed by atoms with van der Waals surface area (Å²) in [6, 6.07) is 21.9. The van der Waals surface area contributed by atoms with E-state index in [1.165, 1.54) is 39.8 Å². The number of rotatable bonds is 10. The van der Waals surface area contributed by atoms with E-state index >= 15 is 0 Å². The zero-order valence-corrected chi connectivity index (χ0v) is 20.2. The van der Waals surface area contributed by atoms with Crippen molar-refractivity contribution in [2.24, 2.45) is 0 Å². The minimum atomic E-state index is 0.230. The van der Waals surface area contributed by atoms with Crippen LogP contribution in [0.4, 0.5) is 0 Å². The van der Waals surface area contributed by atoms with Crippen LogP contribution in [0.1, 0.15) is 24.0 Å². The smallest absolute Gasteiger partial charge is 0.160 e. The van der Waals surface area contributed by atoms with E-state index in [-0.39, 0.29) is 4.08 Å². The molecule has 0 bridgehead atoms. The van der Waals surface area contributed by atoms with E-state index in [1.807, 2.05) is 6.07 Å². The van der Waals surface area contributed by atoms with E-state index in [0.29, 0.717) is 0 Å². The van der Waals surface area contributed by atoms with Gasteiger partial charge < -0.3 is 14.4 Å². The van der Waals surface area contributed by atoms with Gasteiger partial charge in [-0.05, 0) is 73.0 Å². The van der Waals surface area contributed by atoms with Gasteiger partial charge in [0.2, 0.25) is 0 Å². The average molecular weight is 454 g/mol. The van der Waals surface area contributed by atoms with E-state index in [9.17, 15) is 0 Å². The minimum absolute atomic E-state index is 0.230. The van der Waals surface area contributed by atoms with Crippen LogP contribution >= 0.6 is 23.5 Å². The largest absolute Gasteiger partial charge is 0.493 e. The van der Waals surface area contributed by atoms with Crippen LogP contribution in [-0.2, 0) is 10.5 Å². The van der Waals surface area contributed by atoms with Gasteiger partial charge in [0, 0.05) is 11.6 Å². The molecular formula is C26H31NO2S2. The molecule has 0 spiro atoms. The van der Waals surface area contributed by atoms with Gasteiger partial charge in [-0.2, -0.15) is 0 Å². The van der Waals surface area contributed by atoms with Gasteiger partial charge in [-0.25, -0.2) is 0 Å². The summed E-state index contributed by atoms with van der Waals surface area (Å²) in [5, 5.41) is 3.87. The summed E-state index contributed by atoms with van der Waals surface area (Å²) < 4.78 is 11.0. The molecule has 0 aromatic heterocycles. The Kier molecular flexibility index (Phi) is 7.36. The van der Waals surface area contributed by atoms with Crippen LogP contribution in [0, 0.1) is 0 Å². The second-order valence-corrected chi connectivity index (χ2v) is 11.2. The predicted molar refractivity (Wildman–Crippen MR) is 136 cm³/mol. The molecule has 1 saturated heterocycles. The van der Waals surface area contributed by atoms with E-state index in [1.54, 1.807) is 14.2 Å². The first-order chi connectivity index (χ1) is 15.1. The van der Waals surface area contributed by atoms with Crippen LogP contribution in [0.15, 0.2) is 60.7 Å². The molecule has 4 rings (SSSR count). The van der Waals surface area contributed by atoms with Crippen molar-refractivity contribution in [2.75, 3.05) is 39.4 Å². The molecule has 3 aromatic rings. The molecule has 5 heteroatoms. The third kappa shape index (κ3) is 5.16. The fourth-order valence-corrected chi connectivity index (χ4v) is 6.91. The normalized spacial score (nSPS) is 15.1. The lowest BCUT2D eigenvalue weighted by Gasteiger charge is -2.41. The predicted octanol–water partition coefficient (Wildman–Crippen LogP) is 6.40. The Hall–Kier alpha value is -1.82. The van der Waals surface area contributed by atoms with E-state index in [0.717, 1.165) is 31.0 Å². The van der Waals surface area contributed by atoms with E-state index in [2.05, 4.69) is 90.1 Å². The molecule has 0 saturated carbocycles. The highest BCUT2D eigenvalue weighted by Gasteiger charge is 2.40. The monoisotopic (exact) mass is 453 g/mol. The maximum atomic E-state index is 5.43. The Morgan fingerprint density at radius 3 is 2.35 bits per heavy atom. The Balaban J connectivity index is 1.30. The number of benzene rings is 3. The maximum Gasteiger partial charge on any atom is 0.160 e. The number of fused-ring (bicyclic) bond motifs is 1. The number of hydrogen-bond acceptors (Lipinski definition) is 5. The van der Waals surface area contributed by atoms with Gasteiger partial charge in [0.05, 0.1) is 18.3 Å². The van der Waals surface area contributed by atoms with Crippen molar-refractivity contribution in [1.82, 2.24) is 4.90 Å². The number of ether oxygens (including phenoxy) is 2. The van der Waals surface area contributed by atoms with Crippen molar-refractivity contribution in [3.8, 4) is 11.5 Å². The quantitative estimate of drug-likeness (QED) is 0.353. The van der Waals surface area contributed by atoms with Crippen molar-refractivity contribution in [2.45, 2.75) is 23.3 Å². The van der Waals surface area contributed by atoms with Gasteiger partial charge in [-0.15, -0.1) is 23.5 Å². The van der Waals surface area contributed by atoms with Gasteiger partial charge in [0.15, 0.2) is 11.5 Å². The number of methoxy groups -OCH3 is 2. The van der Waals surface area contributed by atoms with Crippen molar-refractivity contribution in [3.05, 3.63) is 71.8 Å². The lowest BCUT2D eigenvalue weighted by molar-refractivity contribution is 0.327. The highest BCUT2D eigenvalue weighted by molar-refractivity contribution is 8.33. The minimum Gasteiger partial charge on any atom is -0.493 e. The Labute approximate surface area is 194 Å². The second-order valence-electron chi connectivity index (χ2n) is 8.07. The molecule has 0 amide bonds. The molecule has 0 aliphatic carbocycles. The number of hydrogen-bond donors (Lipinski definition) is 0. The fraction of sp³-hybridized carbons (Fsp3) is 0.385. The molecule has 164 valence electrons. The average Bonchev–Trinajstić information content (AvgIpc) is 2.78. The summed E-state index contributed by atoms with van der Waals surface area (Å²) in [6.45, 7) is 2.16. The molecule has 1 fully saturated rings. The zero-order chi connectivity index (χ0) is 21.7. The number of likely N-dealkylation sites (N-methyl/N-ethyl adjacent to an activating group) is 1. The van der Waals surface area contributed by atoms with Crippen molar-refractivity contribution < 1.29 is 9.47 Å². The Morgan fingerprint density at radius 2 is 1.65 bits per heavy atom. The lowest BCUT2D eigenvalue weighted by atomic mass is 10.0.